The van der Waals surface area contributed by atoms with Crippen LogP contribution in [0.2, 0.25) is 0 Å². The minimum atomic E-state index is -3.64. The molecule has 5 nitrogen and oxygen atoms in total. The molecular weight excluding hydrogens is 464 g/mol. The highest BCUT2D eigenvalue weighted by Crippen LogP contribution is 2.26. The second kappa shape index (κ2) is 9.71. The monoisotopic (exact) mass is 484 g/mol. The molecule has 3 N–H and O–H groups in total. The molecular formula is C20H22BrClN2O3S. The number of furan rings is 1. The van der Waals surface area contributed by atoms with Crippen molar-refractivity contribution in [2.24, 2.45) is 5.14 Å². The lowest BCUT2D eigenvalue weighted by molar-refractivity contribution is 0.494. The standard InChI is InChI=1S/C20H21BrN2O3S.ClH/c1-14-12-16(4-8-19(14)21)20-9-5-17(26-20)13-23-11-10-15-2-6-18(7-3-15)27(22,24)25;/h2-9,12,23H,10-11,13H2,1H3,(H2,22,24,25);1H. The van der Waals surface area contributed by atoms with E-state index in [1.807, 2.05) is 24.3 Å². The smallest absolute Gasteiger partial charge is 0.238 e. The van der Waals surface area contributed by atoms with Crippen LogP contribution in [0.3, 0.4) is 0 Å². The summed E-state index contributed by atoms with van der Waals surface area (Å²) in [6.07, 6.45) is 0.782. The Kier molecular flexibility index (Phi) is 7.86. The second-order valence-electron chi connectivity index (χ2n) is 6.35. The molecule has 0 fully saturated rings. The first-order chi connectivity index (χ1) is 12.8. The van der Waals surface area contributed by atoms with Gasteiger partial charge in [0.15, 0.2) is 0 Å². The van der Waals surface area contributed by atoms with Gasteiger partial charge in [-0.15, -0.1) is 12.4 Å². The van der Waals surface area contributed by atoms with E-state index in [1.54, 1.807) is 12.1 Å². The fourth-order valence-electron chi connectivity index (χ4n) is 2.72. The van der Waals surface area contributed by atoms with Gasteiger partial charge in [0.05, 0.1) is 11.4 Å². The van der Waals surface area contributed by atoms with Gasteiger partial charge >= 0.3 is 0 Å². The van der Waals surface area contributed by atoms with Crippen LogP contribution in [0.5, 0.6) is 0 Å². The number of sulfonamides is 1. The highest BCUT2D eigenvalue weighted by molar-refractivity contribution is 9.10. The first kappa shape index (κ1) is 22.6. The van der Waals surface area contributed by atoms with Gasteiger partial charge in [0.2, 0.25) is 10.0 Å². The van der Waals surface area contributed by atoms with Gasteiger partial charge in [-0.25, -0.2) is 13.6 Å². The third-order valence-electron chi connectivity index (χ3n) is 4.25. The molecule has 0 aliphatic carbocycles. The molecule has 0 saturated carbocycles. The normalized spacial score (nSPS) is 11.2. The molecule has 150 valence electrons. The van der Waals surface area contributed by atoms with E-state index in [-0.39, 0.29) is 17.3 Å². The van der Waals surface area contributed by atoms with Crippen molar-refractivity contribution < 1.29 is 12.8 Å². The largest absolute Gasteiger partial charge is 0.460 e. The van der Waals surface area contributed by atoms with Gasteiger partial charge in [-0.05, 0) is 67.4 Å². The van der Waals surface area contributed by atoms with E-state index in [0.717, 1.165) is 45.6 Å². The number of nitrogens with one attached hydrogen (secondary N) is 1. The molecule has 0 unspecified atom stereocenters. The van der Waals surface area contributed by atoms with Crippen LogP contribution in [-0.2, 0) is 23.0 Å². The van der Waals surface area contributed by atoms with Crippen LogP contribution in [0.1, 0.15) is 16.9 Å². The molecule has 1 aromatic heterocycles. The summed E-state index contributed by atoms with van der Waals surface area (Å²) in [5, 5.41) is 8.44. The van der Waals surface area contributed by atoms with Gasteiger partial charge in [0, 0.05) is 10.0 Å². The number of primary sulfonamides is 1. The molecule has 8 heteroatoms. The Labute approximate surface area is 179 Å². The molecule has 3 rings (SSSR count). The molecule has 3 aromatic rings. The number of aryl methyl sites for hydroxylation is 1. The predicted octanol–water partition coefficient (Wildman–Crippen LogP) is 4.42. The van der Waals surface area contributed by atoms with Crippen molar-refractivity contribution in [3.05, 3.63) is 76.0 Å². The average Bonchev–Trinajstić information content (AvgIpc) is 3.10. The van der Waals surface area contributed by atoms with Gasteiger partial charge < -0.3 is 9.73 Å². The number of nitrogens with two attached hydrogens (primary N) is 1. The van der Waals surface area contributed by atoms with Crippen molar-refractivity contribution >= 4 is 38.4 Å². The Morgan fingerprint density at radius 2 is 1.79 bits per heavy atom. The molecule has 0 aliphatic rings. The maximum Gasteiger partial charge on any atom is 0.238 e. The van der Waals surface area contributed by atoms with Crippen LogP contribution in [-0.4, -0.2) is 15.0 Å². The van der Waals surface area contributed by atoms with Crippen LogP contribution < -0.4 is 10.5 Å². The number of hydrogen-bond donors (Lipinski definition) is 2. The average molecular weight is 486 g/mol. The zero-order chi connectivity index (χ0) is 19.4. The lowest BCUT2D eigenvalue weighted by Gasteiger charge is -2.05. The summed E-state index contributed by atoms with van der Waals surface area (Å²) in [5.41, 5.74) is 3.26. The molecule has 28 heavy (non-hydrogen) atoms. The number of benzene rings is 2. The van der Waals surface area contributed by atoms with Gasteiger partial charge in [-0.3, -0.25) is 0 Å². The van der Waals surface area contributed by atoms with Crippen LogP contribution in [0.4, 0.5) is 0 Å². The van der Waals surface area contributed by atoms with E-state index < -0.39 is 10.0 Å². The van der Waals surface area contributed by atoms with Crippen molar-refractivity contribution in [2.75, 3.05) is 6.54 Å². The Hall–Kier alpha value is -1.64. The molecule has 2 aromatic carbocycles. The molecule has 1 heterocycles. The summed E-state index contributed by atoms with van der Waals surface area (Å²) in [4.78, 5) is 0.130. The number of halogens is 2. The van der Waals surface area contributed by atoms with Gasteiger partial charge in [0.1, 0.15) is 11.5 Å². The highest BCUT2D eigenvalue weighted by Gasteiger charge is 2.08. The topological polar surface area (TPSA) is 85.3 Å². The molecule has 0 radical (unpaired) electrons. The molecule has 0 saturated heterocycles. The van der Waals surface area contributed by atoms with Crippen LogP contribution in [0, 0.1) is 6.92 Å². The maximum absolute atomic E-state index is 11.3. The molecule has 0 atom stereocenters. The van der Waals surface area contributed by atoms with Crippen molar-refractivity contribution in [1.29, 1.82) is 0 Å². The molecule has 0 spiro atoms. The Bertz CT molecular complexity index is 1030. The quantitative estimate of drug-likeness (QED) is 0.485. The fraction of sp³-hybridized carbons (Fsp3) is 0.200. The van der Waals surface area contributed by atoms with E-state index in [4.69, 9.17) is 9.56 Å². The fourth-order valence-corrected chi connectivity index (χ4v) is 3.48. The van der Waals surface area contributed by atoms with E-state index in [1.165, 1.54) is 12.1 Å². The third kappa shape index (κ3) is 5.93. The Morgan fingerprint density at radius 1 is 1.07 bits per heavy atom. The van der Waals surface area contributed by atoms with Gasteiger partial charge in [-0.2, -0.15) is 0 Å². The number of rotatable bonds is 7. The summed E-state index contributed by atoms with van der Waals surface area (Å²) >= 11 is 3.51. The first-order valence-corrected chi connectivity index (χ1v) is 10.8. The number of hydrogen-bond acceptors (Lipinski definition) is 4. The van der Waals surface area contributed by atoms with Crippen molar-refractivity contribution in [3.8, 4) is 11.3 Å². The summed E-state index contributed by atoms with van der Waals surface area (Å²) in [6, 6.07) is 16.7. The summed E-state index contributed by atoms with van der Waals surface area (Å²) in [7, 11) is -3.64. The SMILES string of the molecule is Cc1cc(-c2ccc(CNCCc3ccc(S(N)(=O)=O)cc3)o2)ccc1Br.Cl. The summed E-state index contributed by atoms with van der Waals surface area (Å²) in [6.45, 7) is 3.43. The molecule has 0 bridgehead atoms. The van der Waals surface area contributed by atoms with Crippen LogP contribution in [0.25, 0.3) is 11.3 Å². The minimum absolute atomic E-state index is 0. The predicted molar refractivity (Wildman–Crippen MR) is 117 cm³/mol. The lowest BCUT2D eigenvalue weighted by atomic mass is 10.1. The van der Waals surface area contributed by atoms with E-state index in [9.17, 15) is 8.42 Å². The van der Waals surface area contributed by atoms with Crippen LogP contribution >= 0.6 is 28.3 Å². The first-order valence-electron chi connectivity index (χ1n) is 8.50. The van der Waals surface area contributed by atoms with E-state index in [0.29, 0.717) is 6.54 Å². The zero-order valence-electron chi connectivity index (χ0n) is 15.3. The Morgan fingerprint density at radius 3 is 2.43 bits per heavy atom. The Balaban J connectivity index is 0.00000280. The van der Waals surface area contributed by atoms with Crippen LogP contribution in [0.15, 0.2) is 68.4 Å². The minimum Gasteiger partial charge on any atom is -0.460 e. The van der Waals surface area contributed by atoms with Crippen molar-refractivity contribution in [1.82, 2.24) is 5.32 Å². The van der Waals surface area contributed by atoms with Crippen molar-refractivity contribution in [3.63, 3.8) is 0 Å². The van der Waals surface area contributed by atoms with E-state index in [2.05, 4.69) is 34.2 Å². The summed E-state index contributed by atoms with van der Waals surface area (Å²) in [5.74, 6) is 1.72. The van der Waals surface area contributed by atoms with Crippen molar-refractivity contribution in [2.45, 2.75) is 24.8 Å². The zero-order valence-corrected chi connectivity index (χ0v) is 18.5. The second-order valence-corrected chi connectivity index (χ2v) is 8.76. The third-order valence-corrected chi connectivity index (χ3v) is 6.06. The molecule has 0 aliphatic heterocycles. The molecule has 0 amide bonds. The van der Waals surface area contributed by atoms with Gasteiger partial charge in [0.25, 0.3) is 0 Å². The maximum atomic E-state index is 11.3. The summed E-state index contributed by atoms with van der Waals surface area (Å²) < 4.78 is 29.5. The van der Waals surface area contributed by atoms with Gasteiger partial charge in [-0.1, -0.05) is 34.1 Å². The lowest BCUT2D eigenvalue weighted by Crippen LogP contribution is -2.16. The highest BCUT2D eigenvalue weighted by atomic mass is 79.9. The van der Waals surface area contributed by atoms with E-state index >= 15 is 0 Å².